The van der Waals surface area contributed by atoms with Gasteiger partial charge in [0.05, 0.1) is 12.7 Å². The van der Waals surface area contributed by atoms with Gasteiger partial charge in [0.2, 0.25) is 5.91 Å². The first-order valence-electron chi connectivity index (χ1n) is 5.62. The van der Waals surface area contributed by atoms with Gasteiger partial charge in [-0.2, -0.15) is 0 Å². The molecule has 1 aliphatic heterocycles. The van der Waals surface area contributed by atoms with E-state index in [1.165, 1.54) is 6.39 Å². The lowest BCUT2D eigenvalue weighted by Crippen LogP contribution is -2.44. The van der Waals surface area contributed by atoms with E-state index in [1.54, 1.807) is 13.1 Å². The number of hydrogen-bond donors (Lipinski definition) is 1. The molecule has 2 heterocycles. The molecular formula is C11H18ClN3O2. The quantitative estimate of drug-likeness (QED) is 0.886. The van der Waals surface area contributed by atoms with Crippen molar-refractivity contribution >= 4 is 18.3 Å². The Morgan fingerprint density at radius 2 is 2.29 bits per heavy atom. The lowest BCUT2D eigenvalue weighted by molar-refractivity contribution is -0.132. The van der Waals surface area contributed by atoms with Gasteiger partial charge in [0.15, 0.2) is 6.39 Å². The minimum atomic E-state index is 0. The van der Waals surface area contributed by atoms with E-state index >= 15 is 0 Å². The molecule has 0 saturated carbocycles. The summed E-state index contributed by atoms with van der Waals surface area (Å²) in [6.45, 7) is 4.09. The van der Waals surface area contributed by atoms with Crippen molar-refractivity contribution in [3.8, 4) is 0 Å². The maximum Gasteiger partial charge on any atom is 0.220 e. The Balaban J connectivity index is 0.00000144. The maximum atomic E-state index is 11.6. The molecule has 0 atom stereocenters. The van der Waals surface area contributed by atoms with E-state index in [9.17, 15) is 4.79 Å². The summed E-state index contributed by atoms with van der Waals surface area (Å²) in [5.41, 5.74) is 0. The summed E-state index contributed by atoms with van der Waals surface area (Å²) in [6, 6.07) is 0.323. The van der Waals surface area contributed by atoms with Gasteiger partial charge in [-0.25, -0.2) is 4.98 Å². The number of amides is 1. The number of rotatable bonds is 3. The van der Waals surface area contributed by atoms with E-state index < -0.39 is 0 Å². The van der Waals surface area contributed by atoms with Gasteiger partial charge >= 0.3 is 0 Å². The molecule has 1 amide bonds. The lowest BCUT2D eigenvalue weighted by Gasteiger charge is -2.33. The third-order valence-electron chi connectivity index (χ3n) is 2.96. The molecule has 1 aromatic heterocycles. The van der Waals surface area contributed by atoms with Crippen molar-refractivity contribution in [1.82, 2.24) is 15.2 Å². The zero-order valence-corrected chi connectivity index (χ0v) is 10.7. The highest BCUT2D eigenvalue weighted by molar-refractivity contribution is 5.85. The van der Waals surface area contributed by atoms with E-state index in [-0.39, 0.29) is 18.3 Å². The highest BCUT2D eigenvalue weighted by Gasteiger charge is 2.23. The SMILES string of the molecule is CC(=O)N(Cc1cnco1)C1CCNCC1.Cl. The number of aromatic nitrogens is 1. The van der Waals surface area contributed by atoms with Gasteiger partial charge in [-0.05, 0) is 25.9 Å². The van der Waals surface area contributed by atoms with Crippen molar-refractivity contribution in [3.05, 3.63) is 18.4 Å². The minimum Gasteiger partial charge on any atom is -0.447 e. The van der Waals surface area contributed by atoms with Crippen LogP contribution in [0.3, 0.4) is 0 Å². The van der Waals surface area contributed by atoms with E-state index in [0.717, 1.165) is 31.7 Å². The molecule has 1 aliphatic rings. The molecule has 1 N–H and O–H groups in total. The standard InChI is InChI=1S/C11H17N3O2.ClH/c1-9(15)14(7-11-6-13-8-16-11)10-2-4-12-5-3-10;/h6,8,10,12H,2-5,7H2,1H3;1H. The van der Waals surface area contributed by atoms with Crippen molar-refractivity contribution in [2.24, 2.45) is 0 Å². The molecule has 1 fully saturated rings. The monoisotopic (exact) mass is 259 g/mol. The Morgan fingerprint density at radius 1 is 1.59 bits per heavy atom. The van der Waals surface area contributed by atoms with Crippen molar-refractivity contribution in [3.63, 3.8) is 0 Å². The van der Waals surface area contributed by atoms with Crippen LogP contribution in [0.5, 0.6) is 0 Å². The van der Waals surface area contributed by atoms with Crippen LogP contribution >= 0.6 is 12.4 Å². The Bertz CT molecular complexity index is 336. The Kier molecular flexibility index (Phi) is 5.44. The van der Waals surface area contributed by atoms with Crippen LogP contribution in [0.1, 0.15) is 25.5 Å². The molecule has 0 bridgehead atoms. The fourth-order valence-corrected chi connectivity index (χ4v) is 2.10. The normalized spacial score (nSPS) is 16.3. The number of hydrogen-bond acceptors (Lipinski definition) is 4. The van der Waals surface area contributed by atoms with Gasteiger partial charge in [-0.3, -0.25) is 4.79 Å². The van der Waals surface area contributed by atoms with Crippen LogP contribution in [0.2, 0.25) is 0 Å². The molecule has 0 unspecified atom stereocenters. The number of carbonyl (C=O) groups excluding carboxylic acids is 1. The van der Waals surface area contributed by atoms with Gasteiger partial charge in [-0.1, -0.05) is 0 Å². The van der Waals surface area contributed by atoms with Gasteiger partial charge in [0.25, 0.3) is 0 Å². The minimum absolute atomic E-state index is 0. The Morgan fingerprint density at radius 3 is 2.82 bits per heavy atom. The largest absolute Gasteiger partial charge is 0.447 e. The molecule has 96 valence electrons. The number of halogens is 1. The summed E-state index contributed by atoms with van der Waals surface area (Å²) >= 11 is 0. The maximum absolute atomic E-state index is 11.6. The first kappa shape index (κ1) is 14.0. The molecule has 0 aromatic carbocycles. The van der Waals surface area contributed by atoms with Gasteiger partial charge < -0.3 is 14.6 Å². The third-order valence-corrected chi connectivity index (χ3v) is 2.96. The van der Waals surface area contributed by atoms with Crippen molar-refractivity contribution < 1.29 is 9.21 Å². The summed E-state index contributed by atoms with van der Waals surface area (Å²) in [4.78, 5) is 17.4. The molecule has 0 radical (unpaired) electrons. The van der Waals surface area contributed by atoms with E-state index in [2.05, 4.69) is 10.3 Å². The fourth-order valence-electron chi connectivity index (χ4n) is 2.10. The van der Waals surface area contributed by atoms with Crippen LogP contribution in [-0.2, 0) is 11.3 Å². The molecule has 6 heteroatoms. The highest BCUT2D eigenvalue weighted by atomic mass is 35.5. The van der Waals surface area contributed by atoms with Crippen molar-refractivity contribution in [2.75, 3.05) is 13.1 Å². The van der Waals surface area contributed by atoms with Crippen LogP contribution in [0.15, 0.2) is 17.0 Å². The summed E-state index contributed by atoms with van der Waals surface area (Å²) in [7, 11) is 0. The smallest absolute Gasteiger partial charge is 0.220 e. The van der Waals surface area contributed by atoms with Crippen molar-refractivity contribution in [1.29, 1.82) is 0 Å². The zero-order valence-electron chi connectivity index (χ0n) is 9.89. The second-order valence-electron chi connectivity index (χ2n) is 4.10. The summed E-state index contributed by atoms with van der Waals surface area (Å²) in [5.74, 6) is 0.844. The Labute approximate surface area is 107 Å². The Hall–Kier alpha value is -1.07. The average molecular weight is 260 g/mol. The molecular weight excluding hydrogens is 242 g/mol. The molecule has 1 saturated heterocycles. The number of oxazole rings is 1. The second-order valence-corrected chi connectivity index (χ2v) is 4.10. The van der Waals surface area contributed by atoms with Gasteiger partial charge in [-0.15, -0.1) is 12.4 Å². The van der Waals surface area contributed by atoms with E-state index in [4.69, 9.17) is 4.42 Å². The highest BCUT2D eigenvalue weighted by Crippen LogP contribution is 2.15. The number of piperidine rings is 1. The summed E-state index contributed by atoms with van der Waals surface area (Å²) < 4.78 is 5.18. The third kappa shape index (κ3) is 3.71. The van der Waals surface area contributed by atoms with Gasteiger partial charge in [0, 0.05) is 13.0 Å². The zero-order chi connectivity index (χ0) is 11.4. The van der Waals surface area contributed by atoms with Crippen molar-refractivity contribution in [2.45, 2.75) is 32.4 Å². The molecule has 0 spiro atoms. The summed E-state index contributed by atoms with van der Waals surface area (Å²) in [6.07, 6.45) is 5.08. The molecule has 5 nitrogen and oxygen atoms in total. The number of carbonyl (C=O) groups is 1. The van der Waals surface area contributed by atoms with Crippen LogP contribution in [0.4, 0.5) is 0 Å². The van der Waals surface area contributed by atoms with Crippen LogP contribution in [-0.4, -0.2) is 34.9 Å². The topological polar surface area (TPSA) is 58.4 Å². The first-order valence-corrected chi connectivity index (χ1v) is 5.62. The van der Waals surface area contributed by atoms with Crippen LogP contribution in [0.25, 0.3) is 0 Å². The number of nitrogens with zero attached hydrogens (tertiary/aromatic N) is 2. The number of nitrogens with one attached hydrogen (secondary N) is 1. The van der Waals surface area contributed by atoms with E-state index in [0.29, 0.717) is 12.6 Å². The predicted molar refractivity (Wildman–Crippen MR) is 65.9 cm³/mol. The van der Waals surface area contributed by atoms with Gasteiger partial charge in [0.1, 0.15) is 5.76 Å². The molecule has 2 rings (SSSR count). The van der Waals surface area contributed by atoms with E-state index in [1.807, 2.05) is 4.90 Å². The van der Waals surface area contributed by atoms with Crippen LogP contribution in [0, 0.1) is 0 Å². The lowest BCUT2D eigenvalue weighted by atomic mass is 10.0. The molecule has 1 aromatic rings. The molecule has 0 aliphatic carbocycles. The molecule has 17 heavy (non-hydrogen) atoms. The second kappa shape index (κ2) is 6.61. The predicted octanol–water partition coefficient (Wildman–Crippen LogP) is 1.20. The summed E-state index contributed by atoms with van der Waals surface area (Å²) in [5, 5.41) is 3.29. The average Bonchev–Trinajstić information content (AvgIpc) is 2.79. The fraction of sp³-hybridized carbons (Fsp3) is 0.636. The van der Waals surface area contributed by atoms with Crippen LogP contribution < -0.4 is 5.32 Å². The first-order chi connectivity index (χ1) is 7.77.